The first-order valence-electron chi connectivity index (χ1n) is 14.2. The number of aliphatic hydroxyl groups is 3. The maximum Gasteiger partial charge on any atom is 0.312 e. The molecule has 5 heteroatoms. The molecule has 0 heterocycles. The number of hydrogen-bond acceptors (Lipinski definition) is 4. The number of hydrogen-bond donors (Lipinski definition) is 4. The second kappa shape index (κ2) is 8.04. The van der Waals surface area contributed by atoms with E-state index in [0.717, 1.165) is 57.8 Å². The van der Waals surface area contributed by atoms with Gasteiger partial charge >= 0.3 is 5.97 Å². The zero-order valence-corrected chi connectivity index (χ0v) is 22.5. The number of carboxylic acids is 1. The van der Waals surface area contributed by atoms with Gasteiger partial charge in [-0.15, -0.1) is 0 Å². The van der Waals surface area contributed by atoms with E-state index in [1.807, 2.05) is 0 Å². The zero-order chi connectivity index (χ0) is 25.6. The molecule has 0 radical (unpaired) electrons. The Morgan fingerprint density at radius 3 is 2.17 bits per heavy atom. The van der Waals surface area contributed by atoms with E-state index in [2.05, 4.69) is 33.8 Å². The van der Waals surface area contributed by atoms with Crippen molar-refractivity contribution in [3.05, 3.63) is 11.6 Å². The standard InChI is InChI=1S/C30H48O5/c1-26-13-10-22-28(3,15-12-24(33)30(22,5)25(34)35)20(26)9-7-19-18(16-26)6-8-21-27(19,2)14-11-23(32)29(21,4)17-31/h6,19-24,31-33H,7-17H2,1-5H3,(H,34,35)/t19-,20-,21+,22+,23+,24-,26-,27+,28+,29+,30+/m0/s1. The molecule has 0 aromatic carbocycles. The van der Waals surface area contributed by atoms with Gasteiger partial charge in [0.1, 0.15) is 0 Å². The van der Waals surface area contributed by atoms with E-state index in [-0.39, 0.29) is 34.7 Å². The molecule has 0 amide bonds. The molecule has 5 aliphatic rings. The van der Waals surface area contributed by atoms with Crippen molar-refractivity contribution in [2.45, 2.75) is 111 Å². The van der Waals surface area contributed by atoms with Crippen LogP contribution in [0.1, 0.15) is 98.8 Å². The molecule has 0 saturated heterocycles. The monoisotopic (exact) mass is 488 g/mol. The van der Waals surface area contributed by atoms with Crippen molar-refractivity contribution in [1.29, 1.82) is 0 Å². The molecular formula is C30H48O5. The van der Waals surface area contributed by atoms with E-state index in [4.69, 9.17) is 0 Å². The van der Waals surface area contributed by atoms with Gasteiger partial charge in [-0.05, 0) is 111 Å². The maximum atomic E-state index is 12.5. The average molecular weight is 489 g/mol. The van der Waals surface area contributed by atoms with E-state index in [1.165, 1.54) is 0 Å². The molecular weight excluding hydrogens is 440 g/mol. The minimum Gasteiger partial charge on any atom is -0.481 e. The highest BCUT2D eigenvalue weighted by Crippen LogP contribution is 2.70. The molecule has 0 aromatic rings. The predicted octanol–water partition coefficient (Wildman–Crippen LogP) is 5.18. The molecule has 198 valence electrons. The summed E-state index contributed by atoms with van der Waals surface area (Å²) in [5, 5.41) is 42.4. The minimum atomic E-state index is -1.08. The van der Waals surface area contributed by atoms with Crippen LogP contribution in [0.25, 0.3) is 0 Å². The Kier molecular flexibility index (Phi) is 5.91. The SMILES string of the molecule is C[C@@]12CC[C@@H]3[C@](C)(CC[C@H](O)[C@]3(C)C(=O)O)[C@H]1CC[C@H]1C(=CC[C@@H]3[C@]1(C)CC[C@@H](O)[C@]3(C)CO)C2. The summed E-state index contributed by atoms with van der Waals surface area (Å²) in [6.45, 7) is 11.2. The third-order valence-electron chi connectivity index (χ3n) is 13.1. The average Bonchev–Trinajstić information content (AvgIpc) is 2.96. The van der Waals surface area contributed by atoms with Crippen molar-refractivity contribution < 1.29 is 25.2 Å². The second-order valence-corrected chi connectivity index (χ2v) is 14.5. The molecule has 5 nitrogen and oxygen atoms in total. The van der Waals surface area contributed by atoms with Crippen molar-refractivity contribution >= 4 is 5.97 Å². The smallest absolute Gasteiger partial charge is 0.312 e. The van der Waals surface area contributed by atoms with Crippen LogP contribution >= 0.6 is 0 Å². The minimum absolute atomic E-state index is 0.00530. The Balaban J connectivity index is 1.51. The summed E-state index contributed by atoms with van der Waals surface area (Å²) in [5.41, 5.74) is 0.179. The van der Waals surface area contributed by atoms with Gasteiger partial charge in [0.25, 0.3) is 0 Å². The van der Waals surface area contributed by atoms with Crippen LogP contribution in [0.4, 0.5) is 0 Å². The summed E-state index contributed by atoms with van der Waals surface area (Å²) in [7, 11) is 0. The summed E-state index contributed by atoms with van der Waals surface area (Å²) in [6.07, 6.45) is 10.6. The summed E-state index contributed by atoms with van der Waals surface area (Å²) >= 11 is 0. The number of aliphatic carboxylic acids is 1. The van der Waals surface area contributed by atoms with Crippen molar-refractivity contribution in [2.24, 2.45) is 50.7 Å². The molecule has 4 N–H and O–H groups in total. The normalized spacial score (nSPS) is 55.9. The predicted molar refractivity (Wildman–Crippen MR) is 135 cm³/mol. The van der Waals surface area contributed by atoms with Gasteiger partial charge in [0, 0.05) is 5.41 Å². The van der Waals surface area contributed by atoms with Gasteiger partial charge in [-0.2, -0.15) is 0 Å². The van der Waals surface area contributed by atoms with Gasteiger partial charge in [-0.3, -0.25) is 4.79 Å². The molecule has 4 saturated carbocycles. The fourth-order valence-electron chi connectivity index (χ4n) is 11.0. The van der Waals surface area contributed by atoms with Crippen molar-refractivity contribution in [1.82, 2.24) is 0 Å². The van der Waals surface area contributed by atoms with Crippen LogP contribution in [0.15, 0.2) is 11.6 Å². The summed E-state index contributed by atoms with van der Waals surface area (Å²) in [6, 6.07) is 0. The van der Waals surface area contributed by atoms with Crippen LogP contribution in [0.2, 0.25) is 0 Å². The molecule has 4 fully saturated rings. The highest BCUT2D eigenvalue weighted by atomic mass is 16.4. The van der Waals surface area contributed by atoms with Crippen LogP contribution in [0.3, 0.4) is 0 Å². The molecule has 5 rings (SSSR count). The van der Waals surface area contributed by atoms with Gasteiger partial charge < -0.3 is 20.4 Å². The third kappa shape index (κ3) is 3.26. The largest absolute Gasteiger partial charge is 0.481 e. The van der Waals surface area contributed by atoms with Crippen molar-refractivity contribution in [3.8, 4) is 0 Å². The Hall–Kier alpha value is -0.910. The zero-order valence-electron chi connectivity index (χ0n) is 22.5. The lowest BCUT2D eigenvalue weighted by Gasteiger charge is -2.63. The number of rotatable bonds is 2. The maximum absolute atomic E-state index is 12.5. The number of aliphatic hydroxyl groups excluding tert-OH is 3. The van der Waals surface area contributed by atoms with E-state index in [1.54, 1.807) is 12.5 Å². The van der Waals surface area contributed by atoms with Crippen LogP contribution in [0.5, 0.6) is 0 Å². The van der Waals surface area contributed by atoms with Gasteiger partial charge in [-0.1, -0.05) is 39.3 Å². The molecule has 5 aliphatic carbocycles. The Bertz CT molecular complexity index is 914. The fourth-order valence-corrected chi connectivity index (χ4v) is 11.0. The van der Waals surface area contributed by atoms with E-state index in [9.17, 15) is 25.2 Å². The Morgan fingerprint density at radius 2 is 1.51 bits per heavy atom. The molecule has 0 bridgehead atoms. The number of fused-ring (bicyclic) bond motifs is 6. The van der Waals surface area contributed by atoms with Crippen molar-refractivity contribution in [2.75, 3.05) is 6.61 Å². The highest BCUT2D eigenvalue weighted by molar-refractivity contribution is 5.76. The van der Waals surface area contributed by atoms with Crippen LogP contribution in [-0.4, -0.2) is 45.2 Å². The van der Waals surface area contributed by atoms with E-state index >= 15 is 0 Å². The number of carbonyl (C=O) groups is 1. The van der Waals surface area contributed by atoms with Crippen LogP contribution < -0.4 is 0 Å². The molecule has 11 atom stereocenters. The lowest BCUT2D eigenvalue weighted by atomic mass is 9.41. The lowest BCUT2D eigenvalue weighted by molar-refractivity contribution is -0.199. The van der Waals surface area contributed by atoms with Gasteiger partial charge in [0.2, 0.25) is 0 Å². The Labute approximate surface area is 211 Å². The first-order chi connectivity index (χ1) is 16.3. The van der Waals surface area contributed by atoms with Gasteiger partial charge in [0.15, 0.2) is 0 Å². The molecule has 35 heavy (non-hydrogen) atoms. The molecule has 0 spiro atoms. The number of allylic oxidation sites excluding steroid dienone is 2. The lowest BCUT2D eigenvalue weighted by Crippen LogP contribution is -2.61. The van der Waals surface area contributed by atoms with E-state index < -0.39 is 29.0 Å². The molecule has 0 aliphatic heterocycles. The summed E-state index contributed by atoms with van der Waals surface area (Å²) in [5.74, 6) is 0.327. The van der Waals surface area contributed by atoms with Crippen molar-refractivity contribution in [3.63, 3.8) is 0 Å². The van der Waals surface area contributed by atoms with E-state index in [0.29, 0.717) is 18.3 Å². The second-order valence-electron chi connectivity index (χ2n) is 14.5. The van der Waals surface area contributed by atoms with Crippen LogP contribution in [-0.2, 0) is 4.79 Å². The van der Waals surface area contributed by atoms with Crippen LogP contribution in [0, 0.1) is 50.7 Å². The first kappa shape index (κ1) is 25.7. The molecule has 0 aromatic heterocycles. The summed E-state index contributed by atoms with van der Waals surface area (Å²) < 4.78 is 0. The first-order valence-corrected chi connectivity index (χ1v) is 14.2. The number of carboxylic acid groups (broad SMARTS) is 1. The third-order valence-corrected chi connectivity index (χ3v) is 13.1. The molecule has 0 unspecified atom stereocenters. The Morgan fingerprint density at radius 1 is 0.857 bits per heavy atom. The fraction of sp³-hybridized carbons (Fsp3) is 0.900. The quantitative estimate of drug-likeness (QED) is 0.402. The summed E-state index contributed by atoms with van der Waals surface area (Å²) in [4.78, 5) is 12.5. The highest BCUT2D eigenvalue weighted by Gasteiger charge is 2.66. The van der Waals surface area contributed by atoms with Gasteiger partial charge in [0.05, 0.1) is 24.2 Å². The van der Waals surface area contributed by atoms with Gasteiger partial charge in [-0.25, -0.2) is 0 Å². The topological polar surface area (TPSA) is 98.0 Å².